The topological polar surface area (TPSA) is 39.2 Å². The van der Waals surface area contributed by atoms with Gasteiger partial charge in [-0.05, 0) is 49.6 Å². The summed E-state index contributed by atoms with van der Waals surface area (Å²) in [5, 5.41) is 0.526. The highest BCUT2D eigenvalue weighted by molar-refractivity contribution is 6.74. The zero-order chi connectivity index (χ0) is 16.8. The van der Waals surface area contributed by atoms with Gasteiger partial charge in [0.1, 0.15) is 5.69 Å². The normalized spacial score (nSPS) is 18.4. The van der Waals surface area contributed by atoms with Gasteiger partial charge in [-0.2, -0.15) is 0 Å². The first-order valence-electron chi connectivity index (χ1n) is 7.67. The van der Waals surface area contributed by atoms with Crippen LogP contribution in [0, 0.1) is 0 Å². The van der Waals surface area contributed by atoms with Crippen molar-refractivity contribution in [3.05, 3.63) is 58.9 Å². The van der Waals surface area contributed by atoms with Crippen molar-refractivity contribution in [3.8, 4) is 0 Å². The fourth-order valence-corrected chi connectivity index (χ4v) is 2.99. The lowest BCUT2D eigenvalue weighted by atomic mass is 9.32. The van der Waals surface area contributed by atoms with Crippen molar-refractivity contribution in [2.75, 3.05) is 0 Å². The molecular weight excluding hydrogens is 308 g/mol. The molecule has 0 aliphatic carbocycles. The van der Waals surface area contributed by atoms with E-state index in [2.05, 4.69) is 32.7 Å². The van der Waals surface area contributed by atoms with E-state index < -0.39 is 0 Å². The highest BCUT2D eigenvalue weighted by Crippen LogP contribution is 2.53. The third-order valence-corrected chi connectivity index (χ3v) is 5.31. The van der Waals surface area contributed by atoms with Crippen LogP contribution in [0.5, 0.6) is 0 Å². The molecule has 0 amide bonds. The predicted molar refractivity (Wildman–Crippen MR) is 93.7 cm³/mol. The van der Waals surface area contributed by atoms with Crippen LogP contribution in [-0.4, -0.2) is 23.3 Å². The summed E-state index contributed by atoms with van der Waals surface area (Å²) in [6.07, 6.45) is 1.64. The van der Waals surface area contributed by atoms with Gasteiger partial charge in [0.25, 0.3) is 0 Å². The molecular formula is C18H19BClNO2. The number of carbonyl (C=O) groups excluding carboxylic acids is 1. The molecule has 3 nitrogen and oxygen atoms in total. The lowest BCUT2D eigenvalue weighted by Gasteiger charge is -2.57. The van der Waals surface area contributed by atoms with Crippen LogP contribution < -0.4 is 5.46 Å². The molecule has 0 bridgehead atoms. The molecule has 0 unspecified atom stereocenters. The van der Waals surface area contributed by atoms with E-state index in [1.54, 1.807) is 30.5 Å². The number of benzene rings is 1. The molecule has 0 saturated carbocycles. The highest BCUT2D eigenvalue weighted by Gasteiger charge is 2.60. The number of halogens is 1. The molecule has 1 aromatic heterocycles. The van der Waals surface area contributed by atoms with Crippen LogP contribution in [0.25, 0.3) is 0 Å². The van der Waals surface area contributed by atoms with Crippen LogP contribution >= 0.6 is 11.6 Å². The van der Waals surface area contributed by atoms with E-state index in [4.69, 9.17) is 16.3 Å². The summed E-state index contributed by atoms with van der Waals surface area (Å²) < 4.78 is 6.06. The standard InChI is InChI=1S/C18H19BClNO2/c1-17(2)18(3,4)23-19(17)14-6-5-11-21-15(14)16(22)12-7-9-13(20)10-8-12/h5-11H,1-4H3. The summed E-state index contributed by atoms with van der Waals surface area (Å²) in [4.78, 5) is 17.2. The predicted octanol–water partition coefficient (Wildman–Crippen LogP) is 3.75. The maximum absolute atomic E-state index is 12.8. The van der Waals surface area contributed by atoms with Crippen molar-refractivity contribution >= 4 is 29.8 Å². The van der Waals surface area contributed by atoms with Crippen molar-refractivity contribution in [1.82, 2.24) is 4.98 Å². The summed E-state index contributed by atoms with van der Waals surface area (Å²) in [6, 6.07) is 10.6. The van der Waals surface area contributed by atoms with Crippen LogP contribution in [0.15, 0.2) is 42.6 Å². The quantitative estimate of drug-likeness (QED) is 0.636. The minimum absolute atomic E-state index is 0.0783. The number of carbonyl (C=O) groups is 1. The first-order chi connectivity index (χ1) is 10.7. The number of hydrogen-bond acceptors (Lipinski definition) is 3. The Morgan fingerprint density at radius 2 is 1.78 bits per heavy atom. The molecule has 1 aliphatic heterocycles. The second-order valence-corrected chi connectivity index (χ2v) is 7.44. The highest BCUT2D eigenvalue weighted by atomic mass is 35.5. The Morgan fingerprint density at radius 1 is 1.13 bits per heavy atom. The molecule has 0 radical (unpaired) electrons. The van der Waals surface area contributed by atoms with Gasteiger partial charge < -0.3 is 4.65 Å². The number of pyridine rings is 1. The molecule has 1 aromatic carbocycles. The number of aromatic nitrogens is 1. The van der Waals surface area contributed by atoms with Gasteiger partial charge in [-0.3, -0.25) is 9.78 Å². The van der Waals surface area contributed by atoms with E-state index in [-0.39, 0.29) is 23.6 Å². The molecule has 0 atom stereocenters. The number of ketones is 1. The summed E-state index contributed by atoms with van der Waals surface area (Å²) >= 11 is 5.90. The summed E-state index contributed by atoms with van der Waals surface area (Å²) in [7, 11) is 0. The van der Waals surface area contributed by atoms with E-state index in [1.165, 1.54) is 0 Å². The van der Waals surface area contributed by atoms with Crippen molar-refractivity contribution in [3.63, 3.8) is 0 Å². The number of rotatable bonds is 3. The molecule has 0 N–H and O–H groups in total. The second-order valence-electron chi connectivity index (χ2n) is 7.01. The zero-order valence-corrected chi connectivity index (χ0v) is 14.5. The molecule has 2 aromatic rings. The Labute approximate surface area is 142 Å². The van der Waals surface area contributed by atoms with Crippen LogP contribution in [-0.2, 0) is 4.65 Å². The number of nitrogens with zero attached hydrogens (tertiary/aromatic N) is 1. The van der Waals surface area contributed by atoms with E-state index in [9.17, 15) is 4.79 Å². The van der Waals surface area contributed by atoms with E-state index in [0.29, 0.717) is 16.3 Å². The van der Waals surface area contributed by atoms with Gasteiger partial charge in [-0.1, -0.05) is 31.5 Å². The van der Waals surface area contributed by atoms with Gasteiger partial charge in [-0.25, -0.2) is 0 Å². The van der Waals surface area contributed by atoms with E-state index >= 15 is 0 Å². The lowest BCUT2D eigenvalue weighted by molar-refractivity contribution is -0.00948. The average Bonchev–Trinajstić information content (AvgIpc) is 2.53. The largest absolute Gasteiger partial charge is 0.425 e. The lowest BCUT2D eigenvalue weighted by Crippen LogP contribution is -2.67. The zero-order valence-electron chi connectivity index (χ0n) is 13.8. The Kier molecular flexibility index (Phi) is 3.85. The number of hydrogen-bond donors (Lipinski definition) is 0. The summed E-state index contributed by atoms with van der Waals surface area (Å²) in [5.74, 6) is -0.110. The Hall–Kier alpha value is -1.65. The van der Waals surface area contributed by atoms with Crippen molar-refractivity contribution < 1.29 is 9.45 Å². The minimum atomic E-state index is -0.228. The summed E-state index contributed by atoms with van der Waals surface area (Å²) in [6.45, 7) is 8.31. The van der Waals surface area contributed by atoms with Gasteiger partial charge in [-0.15, -0.1) is 0 Å². The molecule has 23 heavy (non-hydrogen) atoms. The molecule has 0 spiro atoms. The first-order valence-corrected chi connectivity index (χ1v) is 8.05. The van der Waals surface area contributed by atoms with Crippen LogP contribution in [0.4, 0.5) is 0 Å². The molecule has 1 aliphatic rings. The Balaban J connectivity index is 1.99. The van der Waals surface area contributed by atoms with Crippen molar-refractivity contribution in [2.24, 2.45) is 0 Å². The van der Waals surface area contributed by atoms with Crippen molar-refractivity contribution in [2.45, 2.75) is 38.6 Å². The summed E-state index contributed by atoms with van der Waals surface area (Å²) in [5.41, 5.74) is 1.64. The third kappa shape index (κ3) is 2.60. The fraction of sp³-hybridized carbons (Fsp3) is 0.333. The molecule has 1 fully saturated rings. The second kappa shape index (κ2) is 5.46. The van der Waals surface area contributed by atoms with Gasteiger partial charge >= 0.3 is 6.92 Å². The molecule has 2 heterocycles. The Morgan fingerprint density at radius 3 is 2.35 bits per heavy atom. The smallest absolute Gasteiger partial charge is 0.338 e. The van der Waals surface area contributed by atoms with Crippen LogP contribution in [0.1, 0.15) is 43.7 Å². The van der Waals surface area contributed by atoms with Gasteiger partial charge in [0.05, 0.1) is 0 Å². The third-order valence-electron chi connectivity index (χ3n) is 5.06. The molecule has 1 saturated heterocycles. The van der Waals surface area contributed by atoms with Gasteiger partial charge in [0, 0.05) is 27.7 Å². The van der Waals surface area contributed by atoms with E-state index in [1.807, 2.05) is 12.1 Å². The molecule has 5 heteroatoms. The van der Waals surface area contributed by atoms with E-state index in [0.717, 1.165) is 5.46 Å². The van der Waals surface area contributed by atoms with Crippen molar-refractivity contribution in [1.29, 1.82) is 0 Å². The SMILES string of the molecule is CC1(C)OB(c2cccnc2C(=O)c2ccc(Cl)cc2)C1(C)C. The maximum atomic E-state index is 12.8. The van der Waals surface area contributed by atoms with Gasteiger partial charge in [0.2, 0.25) is 5.78 Å². The van der Waals surface area contributed by atoms with Gasteiger partial charge in [0.15, 0.2) is 0 Å². The first kappa shape index (κ1) is 16.2. The maximum Gasteiger partial charge on any atom is 0.338 e. The Bertz CT molecular complexity index is 756. The molecule has 3 rings (SSSR count). The average molecular weight is 328 g/mol. The minimum Gasteiger partial charge on any atom is -0.425 e. The molecule has 118 valence electrons. The monoisotopic (exact) mass is 327 g/mol. The van der Waals surface area contributed by atoms with Crippen LogP contribution in [0.3, 0.4) is 0 Å². The fourth-order valence-electron chi connectivity index (χ4n) is 2.86. The van der Waals surface area contributed by atoms with Crippen LogP contribution in [0.2, 0.25) is 10.3 Å².